The number of hydrogen-bond donors (Lipinski definition) is 1. The van der Waals surface area contributed by atoms with Crippen LogP contribution in [0.4, 0.5) is 0 Å². The number of aliphatic hydroxyl groups is 1. The van der Waals surface area contributed by atoms with Gasteiger partial charge in [0.05, 0.1) is 5.60 Å². The Hall–Kier alpha value is -0.0800. The summed E-state index contributed by atoms with van der Waals surface area (Å²) in [4.78, 5) is 2.51. The number of rotatable bonds is 3. The molecule has 2 aliphatic rings. The monoisotopic (exact) mass is 211 g/mol. The van der Waals surface area contributed by atoms with Crippen LogP contribution in [0.5, 0.6) is 0 Å². The van der Waals surface area contributed by atoms with Gasteiger partial charge in [0.15, 0.2) is 0 Å². The van der Waals surface area contributed by atoms with E-state index in [1.165, 1.54) is 25.7 Å². The van der Waals surface area contributed by atoms with Crippen molar-refractivity contribution in [3.63, 3.8) is 0 Å². The van der Waals surface area contributed by atoms with Crippen molar-refractivity contribution < 1.29 is 5.11 Å². The fourth-order valence-corrected chi connectivity index (χ4v) is 3.33. The largest absolute Gasteiger partial charge is 0.387 e. The molecular weight excluding hydrogens is 186 g/mol. The maximum absolute atomic E-state index is 10.1. The highest BCUT2D eigenvalue weighted by atomic mass is 16.3. The minimum atomic E-state index is -0.338. The summed E-state index contributed by atoms with van der Waals surface area (Å²) in [5, 5.41) is 10.1. The molecule has 2 heteroatoms. The highest BCUT2D eigenvalue weighted by molar-refractivity contribution is 4.98. The summed E-state index contributed by atoms with van der Waals surface area (Å²) in [6.45, 7) is 6.38. The Morgan fingerprint density at radius 3 is 2.67 bits per heavy atom. The zero-order valence-electron chi connectivity index (χ0n) is 10.2. The van der Waals surface area contributed by atoms with E-state index in [9.17, 15) is 5.11 Å². The molecule has 1 heterocycles. The highest BCUT2D eigenvalue weighted by Gasteiger charge is 2.43. The molecule has 1 N–H and O–H groups in total. The Kier molecular flexibility index (Phi) is 3.36. The van der Waals surface area contributed by atoms with Gasteiger partial charge in [-0.25, -0.2) is 0 Å². The van der Waals surface area contributed by atoms with Crippen molar-refractivity contribution in [1.29, 1.82) is 0 Å². The predicted molar refractivity (Wildman–Crippen MR) is 62.9 cm³/mol. The molecule has 2 fully saturated rings. The standard InChI is InChI=1S/C13H25NO/c1-3-7-13(15)9-14(10-13)12-6-4-5-11(2)8-12/h11-12,15H,3-10H2,1-2H3. The van der Waals surface area contributed by atoms with E-state index in [0.717, 1.165) is 37.9 Å². The first-order valence-corrected chi connectivity index (χ1v) is 6.59. The van der Waals surface area contributed by atoms with Gasteiger partial charge in [0.1, 0.15) is 0 Å². The summed E-state index contributed by atoms with van der Waals surface area (Å²) in [5.41, 5.74) is -0.338. The second-order valence-corrected chi connectivity index (χ2v) is 5.80. The van der Waals surface area contributed by atoms with Crippen LogP contribution in [0, 0.1) is 5.92 Å². The van der Waals surface area contributed by atoms with Crippen LogP contribution in [0.25, 0.3) is 0 Å². The van der Waals surface area contributed by atoms with Gasteiger partial charge in [0, 0.05) is 19.1 Å². The predicted octanol–water partition coefficient (Wildman–Crippen LogP) is 2.41. The van der Waals surface area contributed by atoms with Crippen LogP contribution in [0.1, 0.15) is 52.4 Å². The number of hydrogen-bond acceptors (Lipinski definition) is 2. The van der Waals surface area contributed by atoms with Crippen LogP contribution in [0.3, 0.4) is 0 Å². The molecule has 0 amide bonds. The average molecular weight is 211 g/mol. The molecule has 0 radical (unpaired) electrons. The van der Waals surface area contributed by atoms with E-state index in [4.69, 9.17) is 0 Å². The molecule has 1 aliphatic heterocycles. The molecule has 2 atom stereocenters. The summed E-state index contributed by atoms with van der Waals surface area (Å²) < 4.78 is 0. The minimum Gasteiger partial charge on any atom is -0.387 e. The molecule has 1 saturated heterocycles. The van der Waals surface area contributed by atoms with Crippen molar-refractivity contribution in [2.24, 2.45) is 5.92 Å². The van der Waals surface area contributed by atoms with Gasteiger partial charge in [-0.05, 0) is 25.2 Å². The lowest BCUT2D eigenvalue weighted by molar-refractivity contribution is -0.126. The topological polar surface area (TPSA) is 23.5 Å². The van der Waals surface area contributed by atoms with Crippen molar-refractivity contribution in [3.05, 3.63) is 0 Å². The Balaban J connectivity index is 1.78. The first-order chi connectivity index (χ1) is 7.13. The first-order valence-electron chi connectivity index (χ1n) is 6.59. The molecule has 0 aromatic rings. The van der Waals surface area contributed by atoms with Gasteiger partial charge in [0.25, 0.3) is 0 Å². The summed E-state index contributed by atoms with van der Waals surface area (Å²) in [6, 6.07) is 0.769. The normalized spacial score (nSPS) is 36.2. The first kappa shape index (κ1) is 11.4. The van der Waals surface area contributed by atoms with Gasteiger partial charge < -0.3 is 5.11 Å². The van der Waals surface area contributed by atoms with Gasteiger partial charge in [-0.3, -0.25) is 4.90 Å². The van der Waals surface area contributed by atoms with E-state index < -0.39 is 0 Å². The molecule has 0 bridgehead atoms. The van der Waals surface area contributed by atoms with Gasteiger partial charge >= 0.3 is 0 Å². The number of likely N-dealkylation sites (tertiary alicyclic amines) is 1. The third-order valence-electron chi connectivity index (χ3n) is 4.14. The van der Waals surface area contributed by atoms with Gasteiger partial charge in [0.2, 0.25) is 0 Å². The molecule has 0 aromatic carbocycles. The Bertz CT molecular complexity index is 211. The second-order valence-electron chi connectivity index (χ2n) is 5.80. The lowest BCUT2D eigenvalue weighted by Gasteiger charge is -2.51. The Labute approximate surface area is 93.7 Å². The minimum absolute atomic E-state index is 0.338. The van der Waals surface area contributed by atoms with Crippen molar-refractivity contribution in [2.75, 3.05) is 13.1 Å². The average Bonchev–Trinajstić information content (AvgIpc) is 2.14. The summed E-state index contributed by atoms with van der Waals surface area (Å²) in [7, 11) is 0. The van der Waals surface area contributed by atoms with E-state index in [1.807, 2.05) is 0 Å². The summed E-state index contributed by atoms with van der Waals surface area (Å²) in [5.74, 6) is 0.892. The lowest BCUT2D eigenvalue weighted by atomic mass is 9.81. The molecule has 2 nitrogen and oxygen atoms in total. The van der Waals surface area contributed by atoms with Crippen molar-refractivity contribution in [3.8, 4) is 0 Å². The smallest absolute Gasteiger partial charge is 0.0900 e. The fourth-order valence-electron chi connectivity index (χ4n) is 3.33. The number of β-amino-alcohol motifs (C(OH)–C–C–N with tert-alkyl or cyclic N) is 1. The molecule has 1 saturated carbocycles. The van der Waals surface area contributed by atoms with Gasteiger partial charge in [-0.1, -0.05) is 33.1 Å². The van der Waals surface area contributed by atoms with Crippen LogP contribution >= 0.6 is 0 Å². The van der Waals surface area contributed by atoms with E-state index in [1.54, 1.807) is 0 Å². The number of nitrogens with zero attached hydrogens (tertiary/aromatic N) is 1. The molecule has 88 valence electrons. The third-order valence-corrected chi connectivity index (χ3v) is 4.14. The van der Waals surface area contributed by atoms with E-state index >= 15 is 0 Å². The highest BCUT2D eigenvalue weighted by Crippen LogP contribution is 2.34. The SMILES string of the molecule is CCCC1(O)CN(C2CCCC(C)C2)C1. The quantitative estimate of drug-likeness (QED) is 0.775. The second kappa shape index (κ2) is 4.42. The zero-order chi connectivity index (χ0) is 10.9. The maximum atomic E-state index is 10.1. The van der Waals surface area contributed by atoms with Crippen LogP contribution in [0.2, 0.25) is 0 Å². The van der Waals surface area contributed by atoms with E-state index in [2.05, 4.69) is 18.7 Å². The van der Waals surface area contributed by atoms with Crippen LogP contribution in [-0.4, -0.2) is 34.7 Å². The summed E-state index contributed by atoms with van der Waals surface area (Å²) >= 11 is 0. The van der Waals surface area contributed by atoms with Gasteiger partial charge in [-0.15, -0.1) is 0 Å². The van der Waals surface area contributed by atoms with Crippen molar-refractivity contribution >= 4 is 0 Å². The third kappa shape index (κ3) is 2.54. The molecule has 15 heavy (non-hydrogen) atoms. The molecular formula is C13H25NO. The molecule has 0 aromatic heterocycles. The Morgan fingerprint density at radius 2 is 2.07 bits per heavy atom. The summed E-state index contributed by atoms with van der Waals surface area (Å²) in [6.07, 6.45) is 7.57. The van der Waals surface area contributed by atoms with Crippen molar-refractivity contribution in [1.82, 2.24) is 4.90 Å². The fraction of sp³-hybridized carbons (Fsp3) is 1.00. The van der Waals surface area contributed by atoms with Gasteiger partial charge in [-0.2, -0.15) is 0 Å². The van der Waals surface area contributed by atoms with Crippen LogP contribution in [-0.2, 0) is 0 Å². The molecule has 1 aliphatic carbocycles. The molecule has 0 spiro atoms. The molecule has 2 rings (SSSR count). The maximum Gasteiger partial charge on any atom is 0.0900 e. The van der Waals surface area contributed by atoms with Crippen molar-refractivity contribution in [2.45, 2.75) is 64.0 Å². The Morgan fingerprint density at radius 1 is 1.33 bits per heavy atom. The molecule has 2 unspecified atom stereocenters. The van der Waals surface area contributed by atoms with Crippen LogP contribution in [0.15, 0.2) is 0 Å². The van der Waals surface area contributed by atoms with Crippen LogP contribution < -0.4 is 0 Å². The van der Waals surface area contributed by atoms with E-state index in [-0.39, 0.29) is 5.60 Å². The zero-order valence-corrected chi connectivity index (χ0v) is 10.2. The van der Waals surface area contributed by atoms with E-state index in [0.29, 0.717) is 0 Å². The lowest BCUT2D eigenvalue weighted by Crippen LogP contribution is -2.64.